The topological polar surface area (TPSA) is 12.0 Å². The van der Waals surface area contributed by atoms with E-state index in [1.807, 2.05) is 6.08 Å². The van der Waals surface area contributed by atoms with Crippen molar-refractivity contribution in [2.24, 2.45) is 5.92 Å². The van der Waals surface area contributed by atoms with E-state index in [9.17, 15) is 13.2 Å². The molecule has 0 aliphatic heterocycles. The largest absolute Gasteiger partial charge is 0.391 e. The minimum Gasteiger partial charge on any atom is -0.313 e. The zero-order chi connectivity index (χ0) is 12.7. The second kappa shape index (κ2) is 7.31. The SMILES string of the molecule is C=CCSCCNC1CCCC(C(F)(F)F)C1. The average molecular weight is 267 g/mol. The maximum Gasteiger partial charge on any atom is 0.391 e. The van der Waals surface area contributed by atoms with Gasteiger partial charge in [0.25, 0.3) is 0 Å². The molecule has 100 valence electrons. The van der Waals surface area contributed by atoms with E-state index in [0.29, 0.717) is 12.8 Å². The van der Waals surface area contributed by atoms with Gasteiger partial charge in [-0.3, -0.25) is 0 Å². The van der Waals surface area contributed by atoms with E-state index in [1.165, 1.54) is 0 Å². The first-order valence-electron chi connectivity index (χ1n) is 6.02. The molecular weight excluding hydrogens is 247 g/mol. The van der Waals surface area contributed by atoms with Crippen molar-refractivity contribution in [3.05, 3.63) is 12.7 Å². The lowest BCUT2D eigenvalue weighted by Crippen LogP contribution is -2.39. The number of nitrogens with one attached hydrogen (secondary N) is 1. The van der Waals surface area contributed by atoms with Gasteiger partial charge in [0.2, 0.25) is 0 Å². The van der Waals surface area contributed by atoms with Crippen LogP contribution in [0, 0.1) is 5.92 Å². The smallest absolute Gasteiger partial charge is 0.313 e. The van der Waals surface area contributed by atoms with Gasteiger partial charge in [0.15, 0.2) is 0 Å². The highest BCUT2D eigenvalue weighted by Gasteiger charge is 2.41. The lowest BCUT2D eigenvalue weighted by Gasteiger charge is -2.31. The van der Waals surface area contributed by atoms with Gasteiger partial charge < -0.3 is 5.32 Å². The standard InChI is InChI=1S/C12H20F3NS/c1-2-7-17-8-6-16-11-5-3-4-10(9-11)12(13,14)15/h2,10-11,16H,1,3-9H2. The molecule has 2 unspecified atom stereocenters. The van der Waals surface area contributed by atoms with E-state index in [-0.39, 0.29) is 12.5 Å². The first kappa shape index (κ1) is 14.9. The van der Waals surface area contributed by atoms with Gasteiger partial charge in [-0.25, -0.2) is 0 Å². The summed E-state index contributed by atoms with van der Waals surface area (Å²) in [6, 6.07) is 0.0414. The molecule has 1 N–H and O–H groups in total. The lowest BCUT2D eigenvalue weighted by atomic mass is 9.85. The summed E-state index contributed by atoms with van der Waals surface area (Å²) in [5.74, 6) is 0.728. The van der Waals surface area contributed by atoms with Crippen molar-refractivity contribution in [1.82, 2.24) is 5.32 Å². The van der Waals surface area contributed by atoms with E-state index in [0.717, 1.165) is 24.5 Å². The van der Waals surface area contributed by atoms with Crippen molar-refractivity contribution in [2.45, 2.75) is 37.9 Å². The van der Waals surface area contributed by atoms with E-state index in [2.05, 4.69) is 11.9 Å². The molecule has 1 rings (SSSR count). The Morgan fingerprint density at radius 1 is 1.35 bits per heavy atom. The molecule has 0 aromatic rings. The Hall–Kier alpha value is -0.160. The molecule has 1 saturated carbocycles. The third-order valence-corrected chi connectivity index (χ3v) is 4.02. The van der Waals surface area contributed by atoms with Crippen LogP contribution in [-0.2, 0) is 0 Å². The molecule has 0 spiro atoms. The zero-order valence-corrected chi connectivity index (χ0v) is 10.7. The summed E-state index contributed by atoms with van der Waals surface area (Å²) in [6.07, 6.45) is -0.0776. The number of hydrogen-bond acceptors (Lipinski definition) is 2. The minimum absolute atomic E-state index is 0.0414. The van der Waals surface area contributed by atoms with Crippen molar-refractivity contribution in [3.63, 3.8) is 0 Å². The van der Waals surface area contributed by atoms with E-state index >= 15 is 0 Å². The molecule has 0 bridgehead atoms. The Morgan fingerprint density at radius 2 is 2.12 bits per heavy atom. The number of thioether (sulfide) groups is 1. The van der Waals surface area contributed by atoms with Crippen molar-refractivity contribution in [1.29, 1.82) is 0 Å². The van der Waals surface area contributed by atoms with Crippen LogP contribution in [0.15, 0.2) is 12.7 Å². The molecule has 17 heavy (non-hydrogen) atoms. The van der Waals surface area contributed by atoms with Crippen molar-refractivity contribution >= 4 is 11.8 Å². The summed E-state index contributed by atoms with van der Waals surface area (Å²) >= 11 is 1.75. The summed E-state index contributed by atoms with van der Waals surface area (Å²) in [4.78, 5) is 0. The van der Waals surface area contributed by atoms with Crippen LogP contribution in [0.1, 0.15) is 25.7 Å². The Balaban J connectivity index is 2.19. The van der Waals surface area contributed by atoms with E-state index in [4.69, 9.17) is 0 Å². The molecule has 0 aromatic heterocycles. The van der Waals surface area contributed by atoms with Crippen molar-refractivity contribution in [3.8, 4) is 0 Å². The average Bonchev–Trinajstić information content (AvgIpc) is 2.28. The number of rotatable bonds is 6. The Morgan fingerprint density at radius 3 is 2.76 bits per heavy atom. The highest BCUT2D eigenvalue weighted by molar-refractivity contribution is 7.99. The number of halogens is 3. The zero-order valence-electron chi connectivity index (χ0n) is 9.93. The molecule has 0 heterocycles. The van der Waals surface area contributed by atoms with Crippen LogP contribution in [0.4, 0.5) is 13.2 Å². The Bertz CT molecular complexity index is 230. The molecule has 5 heteroatoms. The first-order valence-corrected chi connectivity index (χ1v) is 7.18. The van der Waals surface area contributed by atoms with Gasteiger partial charge in [-0.1, -0.05) is 12.5 Å². The van der Waals surface area contributed by atoms with Crippen LogP contribution in [0.3, 0.4) is 0 Å². The summed E-state index contributed by atoms with van der Waals surface area (Å²) in [6.45, 7) is 4.40. The van der Waals surface area contributed by atoms with E-state index in [1.54, 1.807) is 11.8 Å². The second-order valence-electron chi connectivity index (χ2n) is 4.42. The Labute approximate surface area is 105 Å². The van der Waals surface area contributed by atoms with E-state index < -0.39 is 12.1 Å². The molecule has 2 atom stereocenters. The molecule has 1 nitrogen and oxygen atoms in total. The predicted molar refractivity (Wildman–Crippen MR) is 67.3 cm³/mol. The molecule has 0 saturated heterocycles. The van der Waals surface area contributed by atoms with Crippen LogP contribution in [-0.4, -0.2) is 30.3 Å². The predicted octanol–water partition coefficient (Wildman–Crippen LogP) is 3.62. The highest BCUT2D eigenvalue weighted by Crippen LogP contribution is 2.37. The summed E-state index contributed by atoms with van der Waals surface area (Å²) in [7, 11) is 0. The molecule has 0 radical (unpaired) electrons. The third-order valence-electron chi connectivity index (χ3n) is 3.05. The van der Waals surface area contributed by atoms with Crippen LogP contribution in [0.25, 0.3) is 0 Å². The molecular formula is C12H20F3NS. The van der Waals surface area contributed by atoms with Gasteiger partial charge in [-0.05, 0) is 19.3 Å². The molecule has 1 aliphatic rings. The van der Waals surface area contributed by atoms with Crippen LogP contribution >= 0.6 is 11.8 Å². The molecule has 1 fully saturated rings. The summed E-state index contributed by atoms with van der Waals surface area (Å²) in [5, 5.41) is 3.23. The lowest BCUT2D eigenvalue weighted by molar-refractivity contribution is -0.183. The van der Waals surface area contributed by atoms with Gasteiger partial charge >= 0.3 is 6.18 Å². The van der Waals surface area contributed by atoms with Gasteiger partial charge in [0.1, 0.15) is 0 Å². The fraction of sp³-hybridized carbons (Fsp3) is 0.833. The van der Waals surface area contributed by atoms with Crippen LogP contribution in [0.5, 0.6) is 0 Å². The normalized spacial score (nSPS) is 25.8. The van der Waals surface area contributed by atoms with Crippen molar-refractivity contribution in [2.75, 3.05) is 18.1 Å². The Kier molecular flexibility index (Phi) is 6.41. The van der Waals surface area contributed by atoms with Gasteiger partial charge in [-0.15, -0.1) is 6.58 Å². The minimum atomic E-state index is -4.02. The van der Waals surface area contributed by atoms with Gasteiger partial charge in [-0.2, -0.15) is 24.9 Å². The summed E-state index contributed by atoms with van der Waals surface area (Å²) in [5.41, 5.74) is 0. The second-order valence-corrected chi connectivity index (χ2v) is 5.57. The fourth-order valence-corrected chi connectivity index (χ4v) is 2.77. The molecule has 0 aromatic carbocycles. The quantitative estimate of drug-likeness (QED) is 0.583. The third kappa shape index (κ3) is 5.82. The highest BCUT2D eigenvalue weighted by atomic mass is 32.2. The fourth-order valence-electron chi connectivity index (χ4n) is 2.17. The maximum absolute atomic E-state index is 12.6. The monoisotopic (exact) mass is 267 g/mol. The number of hydrogen-bond donors (Lipinski definition) is 1. The summed E-state index contributed by atoms with van der Waals surface area (Å²) < 4.78 is 37.7. The van der Waals surface area contributed by atoms with Gasteiger partial charge in [0, 0.05) is 24.1 Å². The maximum atomic E-state index is 12.6. The van der Waals surface area contributed by atoms with Crippen LogP contribution in [0.2, 0.25) is 0 Å². The first-order chi connectivity index (χ1) is 8.04. The number of alkyl halides is 3. The van der Waals surface area contributed by atoms with Crippen molar-refractivity contribution < 1.29 is 13.2 Å². The molecule has 0 amide bonds. The van der Waals surface area contributed by atoms with Crippen LogP contribution < -0.4 is 5.32 Å². The molecule has 1 aliphatic carbocycles. The van der Waals surface area contributed by atoms with Gasteiger partial charge in [0.05, 0.1) is 5.92 Å².